The van der Waals surface area contributed by atoms with Crippen molar-refractivity contribution in [3.63, 3.8) is 0 Å². The molecule has 2 nitrogen and oxygen atoms in total. The van der Waals surface area contributed by atoms with Crippen LogP contribution in [0.2, 0.25) is 0 Å². The minimum Gasteiger partial charge on any atom is -0.457 e. The lowest BCUT2D eigenvalue weighted by atomic mass is 10.1. The van der Waals surface area contributed by atoms with Crippen LogP contribution >= 0.6 is 17.0 Å². The Morgan fingerprint density at radius 3 is 2.53 bits per heavy atom. The third-order valence-corrected chi connectivity index (χ3v) is 2.19. The van der Waals surface area contributed by atoms with Crippen molar-refractivity contribution < 1.29 is 9.53 Å². The van der Waals surface area contributed by atoms with Gasteiger partial charge in [-0.25, -0.2) is 4.79 Å². The van der Waals surface area contributed by atoms with Gasteiger partial charge in [-0.3, -0.25) is 0 Å². The molecule has 0 saturated carbocycles. The van der Waals surface area contributed by atoms with E-state index in [1.165, 1.54) is 0 Å². The lowest BCUT2D eigenvalue weighted by Crippen LogP contribution is -2.09. The largest absolute Gasteiger partial charge is 0.457 e. The fraction of sp³-hybridized carbons (Fsp3) is 0.312. The maximum Gasteiger partial charge on any atom is 0.338 e. The summed E-state index contributed by atoms with van der Waals surface area (Å²) in [6.07, 6.45) is 12.6. The van der Waals surface area contributed by atoms with Gasteiger partial charge in [-0.05, 0) is 18.4 Å². The summed E-state index contributed by atoms with van der Waals surface area (Å²) in [4.78, 5) is 11.6. The number of hydrogen-bond acceptors (Lipinski definition) is 2. The summed E-state index contributed by atoms with van der Waals surface area (Å²) >= 11 is 0. The van der Waals surface area contributed by atoms with E-state index in [9.17, 15) is 4.79 Å². The smallest absolute Gasteiger partial charge is 0.338 e. The van der Waals surface area contributed by atoms with Crippen molar-refractivity contribution in [3.8, 4) is 0 Å². The Balaban J connectivity index is 0. The number of carbonyl (C=O) groups is 1. The van der Waals surface area contributed by atoms with Crippen molar-refractivity contribution >= 4 is 23.0 Å². The zero-order chi connectivity index (χ0) is 13.8. The number of carbonyl (C=O) groups excluding carboxylic acids is 1. The van der Waals surface area contributed by atoms with Crippen LogP contribution < -0.4 is 0 Å². The standard InChI is InChI=1S/C14H16O2.C2H6.BrH/c1-3-8-12(4-2)11-16-14(15)13-9-6-5-7-10-13;1-2;/h3-4,6,8-10H,1-2,5,7,11H2;1-2H3;1H/b12-8+;;. The molecule has 19 heavy (non-hydrogen) atoms. The zero-order valence-electron chi connectivity index (χ0n) is 11.7. The van der Waals surface area contributed by atoms with E-state index in [-0.39, 0.29) is 29.6 Å². The van der Waals surface area contributed by atoms with E-state index in [1.54, 1.807) is 24.3 Å². The van der Waals surface area contributed by atoms with E-state index < -0.39 is 0 Å². The van der Waals surface area contributed by atoms with Gasteiger partial charge in [0, 0.05) is 0 Å². The van der Waals surface area contributed by atoms with Crippen LogP contribution in [0.25, 0.3) is 0 Å². The topological polar surface area (TPSA) is 26.3 Å². The van der Waals surface area contributed by atoms with Gasteiger partial charge in [-0.15, -0.1) is 17.0 Å². The molecule has 1 rings (SSSR count). The highest BCUT2D eigenvalue weighted by Gasteiger charge is 2.09. The van der Waals surface area contributed by atoms with Crippen molar-refractivity contribution in [2.24, 2.45) is 0 Å². The number of allylic oxidation sites excluding steroid dienone is 4. The summed E-state index contributed by atoms with van der Waals surface area (Å²) in [6.45, 7) is 11.4. The molecule has 3 heteroatoms. The SMILES string of the molecule is Br.C=C/C=C(\C=C)COC(=O)C1=CCCC=C1.CC. The molecule has 1 aliphatic rings. The molecule has 1 aliphatic carbocycles. The molecule has 0 fully saturated rings. The summed E-state index contributed by atoms with van der Waals surface area (Å²) in [5.74, 6) is -0.284. The number of halogens is 1. The van der Waals surface area contributed by atoms with Crippen molar-refractivity contribution in [1.82, 2.24) is 0 Å². The third-order valence-electron chi connectivity index (χ3n) is 2.19. The quantitative estimate of drug-likeness (QED) is 0.540. The van der Waals surface area contributed by atoms with Crippen LogP contribution in [-0.4, -0.2) is 12.6 Å². The summed E-state index contributed by atoms with van der Waals surface area (Å²) in [6, 6.07) is 0. The molecule has 0 atom stereocenters. The first kappa shape index (κ1) is 20.0. The first-order chi connectivity index (χ1) is 8.77. The molecule has 106 valence electrons. The Kier molecular flexibility index (Phi) is 13.8. The van der Waals surface area contributed by atoms with E-state index in [4.69, 9.17) is 4.74 Å². The average molecular weight is 327 g/mol. The molecule has 0 heterocycles. The highest BCUT2D eigenvalue weighted by atomic mass is 79.9. The van der Waals surface area contributed by atoms with Gasteiger partial charge in [0.25, 0.3) is 0 Å². The minimum absolute atomic E-state index is 0. The molecule has 0 unspecified atom stereocenters. The summed E-state index contributed by atoms with van der Waals surface area (Å²) in [5.41, 5.74) is 1.47. The normalized spacial score (nSPS) is 13.2. The van der Waals surface area contributed by atoms with Gasteiger partial charge in [0.1, 0.15) is 6.61 Å². The Labute approximate surface area is 127 Å². The van der Waals surface area contributed by atoms with E-state index >= 15 is 0 Å². The van der Waals surface area contributed by atoms with Crippen molar-refractivity contribution in [2.45, 2.75) is 26.7 Å². The highest BCUT2D eigenvalue weighted by Crippen LogP contribution is 2.11. The van der Waals surface area contributed by atoms with E-state index in [1.807, 2.05) is 26.0 Å². The fourth-order valence-electron chi connectivity index (χ4n) is 1.32. The average Bonchev–Trinajstić information content (AvgIpc) is 2.46. The Bertz CT molecular complexity index is 376. The van der Waals surface area contributed by atoms with Crippen molar-refractivity contribution in [2.75, 3.05) is 6.61 Å². The van der Waals surface area contributed by atoms with E-state index in [0.29, 0.717) is 5.57 Å². The molecular weight excluding hydrogens is 304 g/mol. The second-order valence-corrected chi connectivity index (χ2v) is 3.40. The Morgan fingerprint density at radius 1 is 1.37 bits per heavy atom. The lowest BCUT2D eigenvalue weighted by molar-refractivity contribution is -0.137. The first-order valence-corrected chi connectivity index (χ1v) is 6.25. The van der Waals surface area contributed by atoms with Gasteiger partial charge in [0.15, 0.2) is 0 Å². The number of rotatable bonds is 5. The first-order valence-electron chi connectivity index (χ1n) is 6.25. The molecule has 0 saturated heterocycles. The predicted molar refractivity (Wildman–Crippen MR) is 87.6 cm³/mol. The summed E-state index contributed by atoms with van der Waals surface area (Å²) in [7, 11) is 0. The molecule has 0 amide bonds. The molecule has 0 aromatic rings. The Hall–Kier alpha value is -1.35. The maximum atomic E-state index is 11.6. The second kappa shape index (κ2) is 13.1. The van der Waals surface area contributed by atoms with E-state index in [2.05, 4.69) is 13.2 Å². The monoisotopic (exact) mass is 326 g/mol. The number of esters is 1. The van der Waals surface area contributed by atoms with Crippen LogP contribution in [-0.2, 0) is 9.53 Å². The van der Waals surface area contributed by atoms with Gasteiger partial charge >= 0.3 is 5.97 Å². The summed E-state index contributed by atoms with van der Waals surface area (Å²) in [5, 5.41) is 0. The van der Waals surface area contributed by atoms with Gasteiger partial charge in [-0.1, -0.05) is 63.5 Å². The fourth-order valence-corrected chi connectivity index (χ4v) is 1.32. The van der Waals surface area contributed by atoms with Crippen molar-refractivity contribution in [3.05, 3.63) is 60.8 Å². The van der Waals surface area contributed by atoms with Gasteiger partial charge in [-0.2, -0.15) is 0 Å². The highest BCUT2D eigenvalue weighted by molar-refractivity contribution is 8.93. The number of hydrogen-bond donors (Lipinski definition) is 0. The molecule has 0 aliphatic heterocycles. The van der Waals surface area contributed by atoms with Crippen LogP contribution in [0, 0.1) is 0 Å². The van der Waals surface area contributed by atoms with Crippen LogP contribution in [0.4, 0.5) is 0 Å². The maximum absolute atomic E-state index is 11.6. The van der Waals surface area contributed by atoms with Crippen LogP contribution in [0.3, 0.4) is 0 Å². The molecule has 0 bridgehead atoms. The zero-order valence-corrected chi connectivity index (χ0v) is 13.4. The van der Waals surface area contributed by atoms with Gasteiger partial charge in [0.2, 0.25) is 0 Å². The van der Waals surface area contributed by atoms with Crippen LogP contribution in [0.1, 0.15) is 26.7 Å². The molecule has 0 radical (unpaired) electrons. The lowest BCUT2D eigenvalue weighted by Gasteiger charge is -2.08. The summed E-state index contributed by atoms with van der Waals surface area (Å²) < 4.78 is 5.14. The Morgan fingerprint density at radius 2 is 2.05 bits per heavy atom. The molecule has 0 spiro atoms. The van der Waals surface area contributed by atoms with Gasteiger partial charge < -0.3 is 4.74 Å². The number of ether oxygens (including phenoxy) is 1. The molecular formula is C16H23BrO2. The third kappa shape index (κ3) is 8.38. The van der Waals surface area contributed by atoms with Gasteiger partial charge in [0.05, 0.1) is 5.57 Å². The predicted octanol–water partition coefficient (Wildman–Crippen LogP) is 4.71. The van der Waals surface area contributed by atoms with Crippen molar-refractivity contribution in [1.29, 1.82) is 0 Å². The van der Waals surface area contributed by atoms with Crippen LogP contribution in [0.5, 0.6) is 0 Å². The molecule has 0 aromatic carbocycles. The second-order valence-electron chi connectivity index (χ2n) is 3.40. The molecule has 0 aromatic heterocycles. The minimum atomic E-state index is -0.284. The van der Waals surface area contributed by atoms with E-state index in [0.717, 1.165) is 18.4 Å². The molecule has 0 N–H and O–H groups in total. The van der Waals surface area contributed by atoms with Crippen LogP contribution in [0.15, 0.2) is 60.8 Å².